The number of aliphatic carboxylic acids is 1. The number of carboxylic acid groups (broad SMARTS) is 1. The second kappa shape index (κ2) is 6.72. The summed E-state index contributed by atoms with van der Waals surface area (Å²) in [7, 11) is 0. The maximum atomic E-state index is 12.3. The Morgan fingerprint density at radius 3 is 2.67 bits per heavy atom. The predicted molar refractivity (Wildman–Crippen MR) is 77.9 cm³/mol. The summed E-state index contributed by atoms with van der Waals surface area (Å²) in [5, 5.41) is 11.9. The second-order valence-electron chi connectivity index (χ2n) is 5.64. The summed E-state index contributed by atoms with van der Waals surface area (Å²) < 4.78 is 5.50. The molecule has 1 aromatic carbocycles. The van der Waals surface area contributed by atoms with Crippen LogP contribution in [0.3, 0.4) is 0 Å². The van der Waals surface area contributed by atoms with Gasteiger partial charge in [0.25, 0.3) is 5.91 Å². The van der Waals surface area contributed by atoms with E-state index in [0.717, 1.165) is 12.0 Å². The van der Waals surface area contributed by atoms with Crippen molar-refractivity contribution in [1.29, 1.82) is 0 Å². The van der Waals surface area contributed by atoms with Crippen molar-refractivity contribution in [2.75, 3.05) is 6.61 Å². The molecule has 5 nitrogen and oxygen atoms in total. The van der Waals surface area contributed by atoms with Gasteiger partial charge in [-0.05, 0) is 31.7 Å². The van der Waals surface area contributed by atoms with Gasteiger partial charge < -0.3 is 15.2 Å². The summed E-state index contributed by atoms with van der Waals surface area (Å²) in [5.74, 6) is -1.14. The lowest BCUT2D eigenvalue weighted by Crippen LogP contribution is -2.49. The quantitative estimate of drug-likeness (QED) is 0.837. The Morgan fingerprint density at radius 2 is 2.10 bits per heavy atom. The molecule has 0 radical (unpaired) electrons. The minimum atomic E-state index is -0.922. The van der Waals surface area contributed by atoms with Gasteiger partial charge in [-0.1, -0.05) is 30.3 Å². The van der Waals surface area contributed by atoms with E-state index in [1.807, 2.05) is 30.3 Å². The summed E-state index contributed by atoms with van der Waals surface area (Å²) >= 11 is 0. The highest BCUT2D eigenvalue weighted by molar-refractivity contribution is 5.85. The van der Waals surface area contributed by atoms with E-state index in [2.05, 4.69) is 5.32 Å². The number of rotatable bonds is 6. The number of carboxylic acids is 1. The van der Waals surface area contributed by atoms with Crippen LogP contribution in [0.4, 0.5) is 0 Å². The number of ether oxygens (including phenoxy) is 1. The van der Waals surface area contributed by atoms with Gasteiger partial charge in [0.2, 0.25) is 0 Å². The lowest BCUT2D eigenvalue weighted by Gasteiger charge is -2.26. The van der Waals surface area contributed by atoms with E-state index >= 15 is 0 Å². The molecule has 2 atom stereocenters. The summed E-state index contributed by atoms with van der Waals surface area (Å²) in [6, 6.07) is 9.12. The molecule has 1 saturated heterocycles. The Morgan fingerprint density at radius 1 is 1.38 bits per heavy atom. The summed E-state index contributed by atoms with van der Waals surface area (Å²) in [6.07, 6.45) is 1.92. The van der Waals surface area contributed by atoms with Gasteiger partial charge in [0, 0.05) is 12.6 Å². The average Bonchev–Trinajstić information content (AvgIpc) is 2.87. The van der Waals surface area contributed by atoms with Gasteiger partial charge in [0.1, 0.15) is 5.60 Å². The molecule has 1 fully saturated rings. The van der Waals surface area contributed by atoms with E-state index in [9.17, 15) is 9.59 Å². The fourth-order valence-electron chi connectivity index (χ4n) is 2.58. The number of hydrogen-bond acceptors (Lipinski definition) is 3. The molecule has 2 N–H and O–H groups in total. The topological polar surface area (TPSA) is 75.6 Å². The first-order valence-electron chi connectivity index (χ1n) is 7.20. The van der Waals surface area contributed by atoms with E-state index in [4.69, 9.17) is 9.84 Å². The predicted octanol–water partition coefficient (Wildman–Crippen LogP) is 1.76. The average molecular weight is 291 g/mol. The highest BCUT2D eigenvalue weighted by atomic mass is 16.5. The minimum absolute atomic E-state index is 0.100. The van der Waals surface area contributed by atoms with Crippen LogP contribution < -0.4 is 5.32 Å². The van der Waals surface area contributed by atoms with Crippen molar-refractivity contribution in [3.63, 3.8) is 0 Å². The SMILES string of the molecule is CC1(C(=O)NC(CC(=O)O)Cc2ccccc2)CCCO1. The number of hydrogen-bond donors (Lipinski definition) is 2. The van der Waals surface area contributed by atoms with Gasteiger partial charge in [-0.25, -0.2) is 0 Å². The van der Waals surface area contributed by atoms with E-state index < -0.39 is 17.6 Å². The summed E-state index contributed by atoms with van der Waals surface area (Å²) in [6.45, 7) is 2.34. The Labute approximate surface area is 124 Å². The van der Waals surface area contributed by atoms with Crippen LogP contribution in [0.5, 0.6) is 0 Å². The van der Waals surface area contributed by atoms with Crippen LogP contribution in [0.2, 0.25) is 0 Å². The lowest BCUT2D eigenvalue weighted by atomic mass is 9.98. The van der Waals surface area contributed by atoms with Crippen LogP contribution in [-0.4, -0.2) is 35.2 Å². The molecule has 1 aromatic rings. The zero-order chi connectivity index (χ0) is 15.3. The third kappa shape index (κ3) is 4.29. The van der Waals surface area contributed by atoms with Crippen molar-refractivity contribution in [3.05, 3.63) is 35.9 Å². The van der Waals surface area contributed by atoms with Crippen molar-refractivity contribution in [2.24, 2.45) is 0 Å². The molecule has 2 unspecified atom stereocenters. The smallest absolute Gasteiger partial charge is 0.305 e. The zero-order valence-electron chi connectivity index (χ0n) is 12.2. The first-order chi connectivity index (χ1) is 9.99. The van der Waals surface area contributed by atoms with E-state index in [0.29, 0.717) is 19.4 Å². The second-order valence-corrected chi connectivity index (χ2v) is 5.64. The third-order valence-electron chi connectivity index (χ3n) is 3.78. The third-order valence-corrected chi connectivity index (χ3v) is 3.78. The highest BCUT2D eigenvalue weighted by Crippen LogP contribution is 2.25. The molecule has 21 heavy (non-hydrogen) atoms. The number of carbonyl (C=O) groups is 2. The highest BCUT2D eigenvalue weighted by Gasteiger charge is 2.38. The van der Waals surface area contributed by atoms with Crippen molar-refractivity contribution < 1.29 is 19.4 Å². The maximum Gasteiger partial charge on any atom is 0.305 e. The van der Waals surface area contributed by atoms with Crippen molar-refractivity contribution in [1.82, 2.24) is 5.32 Å². The maximum absolute atomic E-state index is 12.3. The summed E-state index contributed by atoms with van der Waals surface area (Å²) in [5.41, 5.74) is 0.175. The fraction of sp³-hybridized carbons (Fsp3) is 0.500. The molecule has 5 heteroatoms. The van der Waals surface area contributed by atoms with E-state index in [1.54, 1.807) is 6.92 Å². The molecule has 1 aliphatic rings. The Bertz CT molecular complexity index is 494. The van der Waals surface area contributed by atoms with Gasteiger partial charge >= 0.3 is 5.97 Å². The number of benzene rings is 1. The molecule has 114 valence electrons. The minimum Gasteiger partial charge on any atom is -0.481 e. The molecular formula is C16H21NO4. The van der Waals surface area contributed by atoms with Gasteiger partial charge in [-0.2, -0.15) is 0 Å². The number of nitrogens with one attached hydrogen (secondary N) is 1. The standard InChI is InChI=1S/C16H21NO4/c1-16(8-5-9-21-16)15(20)17-13(11-14(18)19)10-12-6-3-2-4-7-12/h2-4,6-7,13H,5,8-11H2,1H3,(H,17,20)(H,18,19). The van der Waals surface area contributed by atoms with Crippen LogP contribution in [-0.2, 0) is 20.7 Å². The normalized spacial score (nSPS) is 22.7. The Kier molecular flexibility index (Phi) is 4.96. The molecule has 0 spiro atoms. The van der Waals surface area contributed by atoms with Crippen LogP contribution in [0.1, 0.15) is 31.7 Å². The molecule has 1 heterocycles. The van der Waals surface area contributed by atoms with E-state index in [1.165, 1.54) is 0 Å². The van der Waals surface area contributed by atoms with Crippen molar-refractivity contribution >= 4 is 11.9 Å². The van der Waals surface area contributed by atoms with Crippen LogP contribution in [0, 0.1) is 0 Å². The largest absolute Gasteiger partial charge is 0.481 e. The van der Waals surface area contributed by atoms with Crippen LogP contribution in [0.15, 0.2) is 30.3 Å². The van der Waals surface area contributed by atoms with E-state index in [-0.39, 0.29) is 12.3 Å². The monoisotopic (exact) mass is 291 g/mol. The molecule has 0 aliphatic carbocycles. The Balaban J connectivity index is 2.02. The summed E-state index contributed by atoms with van der Waals surface area (Å²) in [4.78, 5) is 23.3. The zero-order valence-corrected chi connectivity index (χ0v) is 12.2. The Hall–Kier alpha value is -1.88. The van der Waals surface area contributed by atoms with Gasteiger partial charge in [-0.15, -0.1) is 0 Å². The molecule has 1 amide bonds. The van der Waals surface area contributed by atoms with Gasteiger partial charge in [0.05, 0.1) is 6.42 Å². The first kappa shape index (κ1) is 15.5. The fourth-order valence-corrected chi connectivity index (χ4v) is 2.58. The number of amides is 1. The number of carbonyl (C=O) groups excluding carboxylic acids is 1. The van der Waals surface area contributed by atoms with Gasteiger partial charge in [0.15, 0.2) is 0 Å². The molecule has 0 aromatic heterocycles. The van der Waals surface area contributed by atoms with Crippen LogP contribution >= 0.6 is 0 Å². The van der Waals surface area contributed by atoms with Crippen molar-refractivity contribution in [3.8, 4) is 0 Å². The molecule has 0 bridgehead atoms. The van der Waals surface area contributed by atoms with Crippen molar-refractivity contribution in [2.45, 2.75) is 44.2 Å². The molecule has 0 saturated carbocycles. The molecular weight excluding hydrogens is 270 g/mol. The van der Waals surface area contributed by atoms with Crippen LogP contribution in [0.25, 0.3) is 0 Å². The lowest BCUT2D eigenvalue weighted by molar-refractivity contribution is -0.141. The first-order valence-corrected chi connectivity index (χ1v) is 7.20. The molecule has 1 aliphatic heterocycles. The van der Waals surface area contributed by atoms with Gasteiger partial charge in [-0.3, -0.25) is 9.59 Å². The molecule has 2 rings (SSSR count).